The number of carbonyl (C=O) groups is 1. The van der Waals surface area contributed by atoms with Gasteiger partial charge in [0.05, 0.1) is 0 Å². The van der Waals surface area contributed by atoms with Crippen LogP contribution in [0.3, 0.4) is 0 Å². The number of piperazine rings is 1. The Morgan fingerprint density at radius 3 is 2.24 bits per heavy atom. The standard InChI is InChI=1S/C21H26N2O2/c1-3-18-9-11-20(12-10-18)25-17(2)21(24)23-15-13-22(14-16-23)19-7-5-4-6-8-19/h4-12,17H,3,13-16H2,1-2H3. The Balaban J connectivity index is 1.52. The number of hydrogen-bond donors (Lipinski definition) is 0. The summed E-state index contributed by atoms with van der Waals surface area (Å²) < 4.78 is 5.84. The van der Waals surface area contributed by atoms with Crippen molar-refractivity contribution in [3.05, 3.63) is 60.2 Å². The lowest BCUT2D eigenvalue weighted by Gasteiger charge is -2.37. The molecule has 25 heavy (non-hydrogen) atoms. The number of para-hydroxylation sites is 1. The number of nitrogens with zero attached hydrogens (tertiary/aromatic N) is 2. The van der Waals surface area contributed by atoms with Gasteiger partial charge in [0.15, 0.2) is 6.10 Å². The van der Waals surface area contributed by atoms with Crippen LogP contribution in [0.15, 0.2) is 54.6 Å². The Morgan fingerprint density at radius 2 is 1.64 bits per heavy atom. The van der Waals surface area contributed by atoms with E-state index >= 15 is 0 Å². The number of aryl methyl sites for hydroxylation is 1. The second kappa shape index (κ2) is 8.06. The minimum absolute atomic E-state index is 0.0623. The molecule has 132 valence electrons. The zero-order chi connectivity index (χ0) is 17.6. The average molecular weight is 338 g/mol. The first-order valence-corrected chi connectivity index (χ1v) is 9.01. The first kappa shape index (κ1) is 17.3. The van der Waals surface area contributed by atoms with Crippen LogP contribution >= 0.6 is 0 Å². The number of hydrogen-bond acceptors (Lipinski definition) is 3. The predicted octanol–water partition coefficient (Wildman–Crippen LogP) is 3.37. The Bertz CT molecular complexity index is 677. The van der Waals surface area contributed by atoms with Gasteiger partial charge in [-0.3, -0.25) is 4.79 Å². The molecular weight excluding hydrogens is 312 g/mol. The summed E-state index contributed by atoms with van der Waals surface area (Å²) in [5.41, 5.74) is 2.48. The van der Waals surface area contributed by atoms with Gasteiger partial charge in [-0.2, -0.15) is 0 Å². The fourth-order valence-electron chi connectivity index (χ4n) is 3.14. The number of anilines is 1. The molecule has 0 aliphatic carbocycles. The second-order valence-corrected chi connectivity index (χ2v) is 6.41. The Morgan fingerprint density at radius 1 is 1.00 bits per heavy atom. The van der Waals surface area contributed by atoms with Crippen molar-refractivity contribution in [1.29, 1.82) is 0 Å². The minimum atomic E-state index is -0.462. The van der Waals surface area contributed by atoms with Crippen molar-refractivity contribution in [2.45, 2.75) is 26.4 Å². The SMILES string of the molecule is CCc1ccc(OC(C)C(=O)N2CCN(c3ccccc3)CC2)cc1. The van der Waals surface area contributed by atoms with Gasteiger partial charge in [-0.05, 0) is 43.2 Å². The van der Waals surface area contributed by atoms with Crippen molar-refractivity contribution in [1.82, 2.24) is 4.90 Å². The van der Waals surface area contributed by atoms with E-state index in [-0.39, 0.29) is 5.91 Å². The monoisotopic (exact) mass is 338 g/mol. The van der Waals surface area contributed by atoms with E-state index < -0.39 is 6.10 Å². The highest BCUT2D eigenvalue weighted by Gasteiger charge is 2.26. The van der Waals surface area contributed by atoms with Gasteiger partial charge in [-0.15, -0.1) is 0 Å². The molecule has 2 aromatic carbocycles. The van der Waals surface area contributed by atoms with E-state index in [2.05, 4.69) is 24.0 Å². The number of amides is 1. The molecule has 2 aromatic rings. The van der Waals surface area contributed by atoms with Crippen molar-refractivity contribution in [2.75, 3.05) is 31.1 Å². The first-order valence-electron chi connectivity index (χ1n) is 9.01. The number of carbonyl (C=O) groups excluding carboxylic acids is 1. The highest BCUT2D eigenvalue weighted by molar-refractivity contribution is 5.81. The fourth-order valence-corrected chi connectivity index (χ4v) is 3.14. The summed E-state index contributed by atoms with van der Waals surface area (Å²) in [4.78, 5) is 16.9. The van der Waals surface area contributed by atoms with Crippen molar-refractivity contribution < 1.29 is 9.53 Å². The third-order valence-electron chi connectivity index (χ3n) is 4.70. The van der Waals surface area contributed by atoms with Crippen LogP contribution in [0.4, 0.5) is 5.69 Å². The second-order valence-electron chi connectivity index (χ2n) is 6.41. The Labute approximate surface area is 150 Å². The third-order valence-corrected chi connectivity index (χ3v) is 4.70. The molecule has 1 unspecified atom stereocenters. The minimum Gasteiger partial charge on any atom is -0.481 e. The van der Waals surface area contributed by atoms with Crippen LogP contribution in [0.25, 0.3) is 0 Å². The zero-order valence-electron chi connectivity index (χ0n) is 15.0. The molecule has 0 radical (unpaired) electrons. The van der Waals surface area contributed by atoms with Gasteiger partial charge in [0.25, 0.3) is 5.91 Å². The summed E-state index contributed by atoms with van der Waals surface area (Å²) in [6.07, 6.45) is 0.538. The molecule has 0 N–H and O–H groups in total. The summed E-state index contributed by atoms with van der Waals surface area (Å²) >= 11 is 0. The summed E-state index contributed by atoms with van der Waals surface area (Å²) in [5, 5.41) is 0. The molecule has 1 atom stereocenters. The lowest BCUT2D eigenvalue weighted by atomic mass is 10.2. The maximum absolute atomic E-state index is 12.7. The Kier molecular flexibility index (Phi) is 5.59. The lowest BCUT2D eigenvalue weighted by molar-refractivity contribution is -0.138. The van der Waals surface area contributed by atoms with Crippen LogP contribution < -0.4 is 9.64 Å². The smallest absolute Gasteiger partial charge is 0.263 e. The molecule has 4 nitrogen and oxygen atoms in total. The maximum Gasteiger partial charge on any atom is 0.263 e. The molecule has 1 amide bonds. The molecule has 1 heterocycles. The van der Waals surface area contributed by atoms with Gasteiger partial charge < -0.3 is 14.5 Å². The highest BCUT2D eigenvalue weighted by Crippen LogP contribution is 2.18. The van der Waals surface area contributed by atoms with E-state index in [0.717, 1.165) is 38.3 Å². The average Bonchev–Trinajstić information content (AvgIpc) is 2.69. The molecular formula is C21H26N2O2. The lowest BCUT2D eigenvalue weighted by Crippen LogP contribution is -2.52. The van der Waals surface area contributed by atoms with Crippen molar-refractivity contribution >= 4 is 11.6 Å². The molecule has 1 aliphatic rings. The molecule has 1 fully saturated rings. The maximum atomic E-state index is 12.7. The number of ether oxygens (including phenoxy) is 1. The third kappa shape index (κ3) is 4.32. The molecule has 0 bridgehead atoms. The number of rotatable bonds is 5. The molecule has 0 saturated carbocycles. The van der Waals surface area contributed by atoms with Gasteiger partial charge >= 0.3 is 0 Å². The van der Waals surface area contributed by atoms with Gasteiger partial charge in [0, 0.05) is 31.9 Å². The van der Waals surface area contributed by atoms with Crippen LogP contribution in [0.5, 0.6) is 5.75 Å². The molecule has 0 aromatic heterocycles. The molecule has 4 heteroatoms. The van der Waals surface area contributed by atoms with Gasteiger partial charge in [0.2, 0.25) is 0 Å². The summed E-state index contributed by atoms with van der Waals surface area (Å²) in [6, 6.07) is 18.3. The van der Waals surface area contributed by atoms with Gasteiger partial charge in [0.1, 0.15) is 5.75 Å². The highest BCUT2D eigenvalue weighted by atomic mass is 16.5. The van der Waals surface area contributed by atoms with Crippen LogP contribution in [-0.2, 0) is 11.2 Å². The van der Waals surface area contributed by atoms with Crippen molar-refractivity contribution in [3.63, 3.8) is 0 Å². The van der Waals surface area contributed by atoms with Crippen molar-refractivity contribution in [2.24, 2.45) is 0 Å². The molecule has 1 saturated heterocycles. The van der Waals surface area contributed by atoms with Gasteiger partial charge in [-0.25, -0.2) is 0 Å². The van der Waals surface area contributed by atoms with E-state index in [4.69, 9.17) is 4.74 Å². The largest absolute Gasteiger partial charge is 0.481 e. The van der Waals surface area contributed by atoms with Gasteiger partial charge in [-0.1, -0.05) is 37.3 Å². The van der Waals surface area contributed by atoms with Crippen LogP contribution in [0, 0.1) is 0 Å². The van der Waals surface area contributed by atoms with E-state index in [1.165, 1.54) is 11.3 Å². The fraction of sp³-hybridized carbons (Fsp3) is 0.381. The van der Waals surface area contributed by atoms with Crippen LogP contribution in [0.1, 0.15) is 19.4 Å². The molecule has 1 aliphatic heterocycles. The Hall–Kier alpha value is -2.49. The molecule has 3 rings (SSSR count). The van der Waals surface area contributed by atoms with Crippen LogP contribution in [-0.4, -0.2) is 43.1 Å². The quantitative estimate of drug-likeness (QED) is 0.838. The summed E-state index contributed by atoms with van der Waals surface area (Å²) in [5.74, 6) is 0.813. The van der Waals surface area contributed by atoms with E-state index in [0.29, 0.717) is 0 Å². The summed E-state index contributed by atoms with van der Waals surface area (Å²) in [7, 11) is 0. The zero-order valence-corrected chi connectivity index (χ0v) is 15.0. The van der Waals surface area contributed by atoms with E-state index in [1.54, 1.807) is 0 Å². The normalized spacial score (nSPS) is 15.8. The molecule has 0 spiro atoms. The first-order chi connectivity index (χ1) is 12.2. The van der Waals surface area contributed by atoms with Crippen LogP contribution in [0.2, 0.25) is 0 Å². The van der Waals surface area contributed by atoms with E-state index in [9.17, 15) is 4.79 Å². The topological polar surface area (TPSA) is 32.8 Å². The van der Waals surface area contributed by atoms with Crippen molar-refractivity contribution in [3.8, 4) is 5.75 Å². The van der Waals surface area contributed by atoms with E-state index in [1.807, 2.05) is 54.3 Å². The number of benzene rings is 2. The predicted molar refractivity (Wildman–Crippen MR) is 101 cm³/mol. The summed E-state index contributed by atoms with van der Waals surface area (Å²) in [6.45, 7) is 7.13.